The molecule has 1 aliphatic heterocycles. The molecule has 0 aliphatic carbocycles. The van der Waals surface area contributed by atoms with Gasteiger partial charge in [0.25, 0.3) is 0 Å². The van der Waals surface area contributed by atoms with Gasteiger partial charge in [-0.1, -0.05) is 13.8 Å². The number of rotatable bonds is 5. The Hall–Kier alpha value is -0.610. The Kier molecular flexibility index (Phi) is 5.92. The molecule has 17 heavy (non-hydrogen) atoms. The molecule has 2 unspecified atom stereocenters. The molecule has 1 aliphatic rings. The van der Waals surface area contributed by atoms with Gasteiger partial charge in [-0.05, 0) is 19.8 Å². The van der Waals surface area contributed by atoms with E-state index in [9.17, 15) is 4.79 Å². The molecule has 1 amide bonds. The second kappa shape index (κ2) is 6.97. The normalized spacial score (nSPS) is 21.3. The molecule has 4 heteroatoms. The van der Waals surface area contributed by atoms with Gasteiger partial charge in [0.2, 0.25) is 5.91 Å². The molecule has 4 nitrogen and oxygen atoms in total. The van der Waals surface area contributed by atoms with Crippen LogP contribution in [0.25, 0.3) is 0 Å². The third-order valence-corrected chi connectivity index (χ3v) is 3.84. The van der Waals surface area contributed by atoms with Gasteiger partial charge in [0.15, 0.2) is 0 Å². The predicted octanol–water partition coefficient (Wildman–Crippen LogP) is 1.06. The molecular formula is C13H27N3O. The zero-order valence-corrected chi connectivity index (χ0v) is 11.5. The smallest absolute Gasteiger partial charge is 0.224 e. The molecule has 0 aromatic rings. The van der Waals surface area contributed by atoms with Crippen molar-refractivity contribution in [2.75, 3.05) is 26.2 Å². The van der Waals surface area contributed by atoms with E-state index >= 15 is 0 Å². The van der Waals surface area contributed by atoms with Gasteiger partial charge in [0, 0.05) is 44.7 Å². The average molecular weight is 241 g/mol. The molecule has 0 radical (unpaired) electrons. The summed E-state index contributed by atoms with van der Waals surface area (Å²) < 4.78 is 0. The Morgan fingerprint density at radius 1 is 1.18 bits per heavy atom. The number of piperazine rings is 1. The molecule has 100 valence electrons. The quantitative estimate of drug-likeness (QED) is 0.783. The van der Waals surface area contributed by atoms with E-state index in [0.717, 1.165) is 32.6 Å². The third kappa shape index (κ3) is 4.28. The topological polar surface area (TPSA) is 49.6 Å². The van der Waals surface area contributed by atoms with Gasteiger partial charge >= 0.3 is 0 Å². The van der Waals surface area contributed by atoms with Crippen LogP contribution in [0.3, 0.4) is 0 Å². The highest BCUT2D eigenvalue weighted by molar-refractivity contribution is 5.76. The number of carbonyl (C=O) groups is 1. The monoisotopic (exact) mass is 241 g/mol. The minimum Gasteiger partial charge on any atom is -0.340 e. The van der Waals surface area contributed by atoms with Gasteiger partial charge < -0.3 is 10.6 Å². The first-order valence-corrected chi connectivity index (χ1v) is 6.85. The van der Waals surface area contributed by atoms with E-state index in [2.05, 4.69) is 18.7 Å². The molecule has 2 atom stereocenters. The second-order valence-corrected chi connectivity index (χ2v) is 5.05. The fourth-order valence-corrected chi connectivity index (χ4v) is 2.17. The lowest BCUT2D eigenvalue weighted by Crippen LogP contribution is -2.51. The number of nitrogens with zero attached hydrogens (tertiary/aromatic N) is 2. The van der Waals surface area contributed by atoms with Crippen LogP contribution in [0.1, 0.15) is 40.0 Å². The molecule has 1 saturated heterocycles. The fraction of sp³-hybridized carbons (Fsp3) is 0.923. The fourth-order valence-electron chi connectivity index (χ4n) is 2.17. The van der Waals surface area contributed by atoms with Gasteiger partial charge in [-0.25, -0.2) is 0 Å². The van der Waals surface area contributed by atoms with Crippen LogP contribution >= 0.6 is 0 Å². The van der Waals surface area contributed by atoms with Gasteiger partial charge in [-0.15, -0.1) is 0 Å². The van der Waals surface area contributed by atoms with Crippen LogP contribution in [0.5, 0.6) is 0 Å². The number of hydrogen-bond acceptors (Lipinski definition) is 3. The highest BCUT2D eigenvalue weighted by atomic mass is 16.2. The zero-order chi connectivity index (χ0) is 12.8. The van der Waals surface area contributed by atoms with Crippen LogP contribution in [-0.2, 0) is 4.79 Å². The van der Waals surface area contributed by atoms with E-state index in [1.165, 1.54) is 6.42 Å². The Morgan fingerprint density at radius 2 is 1.76 bits per heavy atom. The molecule has 0 aromatic carbocycles. The Morgan fingerprint density at radius 3 is 2.24 bits per heavy atom. The average Bonchev–Trinajstić information content (AvgIpc) is 2.37. The molecule has 1 rings (SSSR count). The summed E-state index contributed by atoms with van der Waals surface area (Å²) in [6, 6.07) is 0.653. The first-order valence-electron chi connectivity index (χ1n) is 6.85. The van der Waals surface area contributed by atoms with Crippen molar-refractivity contribution >= 4 is 5.91 Å². The third-order valence-electron chi connectivity index (χ3n) is 3.84. The SMILES string of the molecule is CCC(N)CC(=O)N1CCN(C(C)CC)CC1. The number of carbonyl (C=O) groups excluding carboxylic acids is 1. The van der Waals surface area contributed by atoms with Crippen LogP contribution in [0.2, 0.25) is 0 Å². The van der Waals surface area contributed by atoms with E-state index in [0.29, 0.717) is 12.5 Å². The Balaban J connectivity index is 2.33. The van der Waals surface area contributed by atoms with Crippen molar-refractivity contribution < 1.29 is 4.79 Å². The van der Waals surface area contributed by atoms with Crippen molar-refractivity contribution in [2.45, 2.75) is 52.1 Å². The number of amides is 1. The lowest BCUT2D eigenvalue weighted by Gasteiger charge is -2.38. The molecule has 2 N–H and O–H groups in total. The van der Waals surface area contributed by atoms with E-state index in [4.69, 9.17) is 5.73 Å². The Labute approximate surface area is 105 Å². The molecular weight excluding hydrogens is 214 g/mol. The lowest BCUT2D eigenvalue weighted by molar-refractivity contribution is -0.133. The van der Waals surface area contributed by atoms with Crippen LogP contribution in [0.15, 0.2) is 0 Å². The van der Waals surface area contributed by atoms with Crippen molar-refractivity contribution in [1.82, 2.24) is 9.80 Å². The lowest BCUT2D eigenvalue weighted by atomic mass is 10.1. The van der Waals surface area contributed by atoms with Crippen molar-refractivity contribution in [3.8, 4) is 0 Å². The van der Waals surface area contributed by atoms with Crippen LogP contribution in [0, 0.1) is 0 Å². The highest BCUT2D eigenvalue weighted by Gasteiger charge is 2.23. The van der Waals surface area contributed by atoms with Gasteiger partial charge in [-0.2, -0.15) is 0 Å². The highest BCUT2D eigenvalue weighted by Crippen LogP contribution is 2.10. The largest absolute Gasteiger partial charge is 0.340 e. The number of nitrogens with two attached hydrogens (primary N) is 1. The minimum atomic E-state index is 0.0232. The summed E-state index contributed by atoms with van der Waals surface area (Å²) in [6.45, 7) is 10.2. The molecule has 0 aromatic heterocycles. The van der Waals surface area contributed by atoms with Crippen molar-refractivity contribution in [2.24, 2.45) is 5.73 Å². The van der Waals surface area contributed by atoms with E-state index in [-0.39, 0.29) is 11.9 Å². The first-order chi connectivity index (χ1) is 8.08. The minimum absolute atomic E-state index is 0.0232. The van der Waals surface area contributed by atoms with Gasteiger partial charge in [0.1, 0.15) is 0 Å². The summed E-state index contributed by atoms with van der Waals surface area (Å²) in [4.78, 5) is 16.4. The van der Waals surface area contributed by atoms with E-state index < -0.39 is 0 Å². The Bertz CT molecular complexity index is 237. The summed E-state index contributed by atoms with van der Waals surface area (Å²) in [5.41, 5.74) is 5.82. The second-order valence-electron chi connectivity index (χ2n) is 5.05. The summed E-state index contributed by atoms with van der Waals surface area (Å²) in [6.07, 6.45) is 2.55. The van der Waals surface area contributed by atoms with Crippen molar-refractivity contribution in [3.63, 3.8) is 0 Å². The first kappa shape index (κ1) is 14.5. The maximum Gasteiger partial charge on any atom is 0.224 e. The standard InChI is InChI=1S/C13H27N3O/c1-4-11(3)15-6-8-16(9-7-15)13(17)10-12(14)5-2/h11-12H,4-10,14H2,1-3H3. The predicted molar refractivity (Wildman–Crippen MR) is 70.8 cm³/mol. The summed E-state index contributed by atoms with van der Waals surface area (Å²) in [7, 11) is 0. The zero-order valence-electron chi connectivity index (χ0n) is 11.5. The van der Waals surface area contributed by atoms with Crippen LogP contribution < -0.4 is 5.73 Å². The molecule has 0 spiro atoms. The van der Waals surface area contributed by atoms with Crippen LogP contribution in [-0.4, -0.2) is 54.0 Å². The van der Waals surface area contributed by atoms with Crippen molar-refractivity contribution in [1.29, 1.82) is 0 Å². The summed E-state index contributed by atoms with van der Waals surface area (Å²) in [5.74, 6) is 0.225. The van der Waals surface area contributed by atoms with E-state index in [1.54, 1.807) is 0 Å². The van der Waals surface area contributed by atoms with E-state index in [1.807, 2.05) is 11.8 Å². The molecule has 1 heterocycles. The van der Waals surface area contributed by atoms with Gasteiger partial charge in [-0.3, -0.25) is 9.69 Å². The molecule has 0 saturated carbocycles. The van der Waals surface area contributed by atoms with Crippen molar-refractivity contribution in [3.05, 3.63) is 0 Å². The maximum absolute atomic E-state index is 11.9. The van der Waals surface area contributed by atoms with Gasteiger partial charge in [0.05, 0.1) is 0 Å². The maximum atomic E-state index is 11.9. The molecule has 1 fully saturated rings. The number of hydrogen-bond donors (Lipinski definition) is 1. The van der Waals surface area contributed by atoms with Crippen LogP contribution in [0.4, 0.5) is 0 Å². The summed E-state index contributed by atoms with van der Waals surface area (Å²) in [5, 5.41) is 0. The molecule has 0 bridgehead atoms. The summed E-state index contributed by atoms with van der Waals surface area (Å²) >= 11 is 0.